The predicted octanol–water partition coefficient (Wildman–Crippen LogP) is 3.79. The summed E-state index contributed by atoms with van der Waals surface area (Å²) in [5.74, 6) is 1.07. The summed E-state index contributed by atoms with van der Waals surface area (Å²) in [6.07, 6.45) is 6.52. The van der Waals surface area contributed by atoms with E-state index in [1.165, 1.54) is 42.3 Å². The van der Waals surface area contributed by atoms with E-state index < -0.39 is 16.3 Å². The highest BCUT2D eigenvalue weighted by Crippen LogP contribution is 2.43. The Balaban J connectivity index is 2.06. The number of rotatable bonds is 5. The maximum Gasteiger partial charge on any atom is 0.181 e. The quantitative estimate of drug-likeness (QED) is 0.772. The van der Waals surface area contributed by atoms with Crippen molar-refractivity contribution in [2.75, 3.05) is 10.7 Å². The normalized spacial score (nSPS) is 19.4. The highest BCUT2D eigenvalue weighted by atomic mass is 28.4. The third-order valence-corrected chi connectivity index (χ3v) is 20.2. The molecule has 2 aromatic rings. The van der Waals surface area contributed by atoms with Gasteiger partial charge in [-0.05, 0) is 17.8 Å². The van der Waals surface area contributed by atoms with Crippen molar-refractivity contribution >= 4 is 33.3 Å². The Morgan fingerprint density at radius 2 is 1.74 bits per heavy atom. The van der Waals surface area contributed by atoms with Crippen LogP contribution in [0.4, 0.5) is 5.82 Å². The van der Waals surface area contributed by atoms with Gasteiger partial charge in [-0.2, -0.15) is 0 Å². The third-order valence-electron chi connectivity index (χ3n) is 6.07. The van der Waals surface area contributed by atoms with Crippen LogP contribution >= 0.6 is 0 Å². The maximum absolute atomic E-state index is 4.88. The van der Waals surface area contributed by atoms with Crippen LogP contribution in [0.1, 0.15) is 27.7 Å². The van der Waals surface area contributed by atoms with Crippen LogP contribution in [0.25, 0.3) is 11.2 Å². The monoisotopic (exact) mass is 345 g/mol. The van der Waals surface area contributed by atoms with Crippen molar-refractivity contribution < 1.29 is 0 Å². The first-order valence-corrected chi connectivity index (χ1v) is 14.2. The zero-order valence-corrected chi connectivity index (χ0v) is 16.7. The Kier molecular flexibility index (Phi) is 4.50. The van der Waals surface area contributed by atoms with E-state index in [1.807, 2.05) is 6.20 Å². The van der Waals surface area contributed by atoms with Crippen molar-refractivity contribution in [3.05, 3.63) is 18.7 Å². The number of hydrogen-bond donors (Lipinski definition) is 0. The van der Waals surface area contributed by atoms with E-state index in [4.69, 9.17) is 4.98 Å². The van der Waals surface area contributed by atoms with Gasteiger partial charge in [0.2, 0.25) is 0 Å². The molecule has 1 fully saturated rings. The van der Waals surface area contributed by atoms with Gasteiger partial charge < -0.3 is 4.57 Å². The van der Waals surface area contributed by atoms with Gasteiger partial charge in [0.25, 0.3) is 0 Å². The summed E-state index contributed by atoms with van der Waals surface area (Å²) in [6, 6.07) is 5.39. The topological polar surface area (TPSA) is 54.8 Å². The first kappa shape index (κ1) is 16.5. The molecule has 0 spiro atoms. The Labute approximate surface area is 140 Å². The van der Waals surface area contributed by atoms with Crippen LogP contribution in [-0.2, 0) is 0 Å². The number of anilines is 1. The lowest BCUT2D eigenvalue weighted by atomic mass is 10.5. The van der Waals surface area contributed by atoms with Gasteiger partial charge >= 0.3 is 0 Å². The van der Waals surface area contributed by atoms with Crippen LogP contribution in [0.5, 0.6) is 0 Å². The van der Waals surface area contributed by atoms with Crippen LogP contribution in [0.15, 0.2) is 18.7 Å². The molecule has 0 amide bonds. The van der Waals surface area contributed by atoms with Crippen LogP contribution in [-0.4, -0.2) is 42.4 Å². The highest BCUT2D eigenvalue weighted by molar-refractivity contribution is 7.03. The van der Waals surface area contributed by atoms with Crippen LogP contribution in [0.3, 0.4) is 0 Å². The molecule has 1 saturated heterocycles. The molecule has 0 saturated carbocycles. The van der Waals surface area contributed by atoms with Gasteiger partial charge in [0.15, 0.2) is 13.9 Å². The number of aromatic nitrogens is 4. The summed E-state index contributed by atoms with van der Waals surface area (Å²) < 4.78 is 2.71. The van der Waals surface area contributed by atoms with Crippen molar-refractivity contribution in [3.8, 4) is 0 Å². The van der Waals surface area contributed by atoms with E-state index in [-0.39, 0.29) is 0 Å². The van der Waals surface area contributed by atoms with Crippen LogP contribution < -0.4 is 4.57 Å². The van der Waals surface area contributed by atoms with Crippen LogP contribution in [0.2, 0.25) is 29.8 Å². The fourth-order valence-electron chi connectivity index (χ4n) is 4.18. The zero-order chi connectivity index (χ0) is 16.5. The molecule has 2 aromatic heterocycles. The largest absolute Gasteiger partial charge is 0.384 e. The molecule has 5 nitrogen and oxygen atoms in total. The van der Waals surface area contributed by atoms with Crippen molar-refractivity contribution in [1.29, 1.82) is 0 Å². The molecule has 3 heterocycles. The summed E-state index contributed by atoms with van der Waals surface area (Å²) in [7, 11) is -2.65. The van der Waals surface area contributed by atoms with E-state index in [2.05, 4.69) is 47.2 Å². The summed E-state index contributed by atoms with van der Waals surface area (Å²) in [6.45, 7) is 9.58. The molecule has 1 aliphatic rings. The first-order chi connectivity index (χ1) is 11.1. The first-order valence-electron chi connectivity index (χ1n) is 8.82. The van der Waals surface area contributed by atoms with E-state index in [0.717, 1.165) is 11.3 Å². The predicted molar refractivity (Wildman–Crippen MR) is 101 cm³/mol. The molecule has 0 N–H and O–H groups in total. The Morgan fingerprint density at radius 1 is 1.00 bits per heavy atom. The van der Waals surface area contributed by atoms with Crippen molar-refractivity contribution in [1.82, 2.24) is 19.9 Å². The molecule has 0 aromatic carbocycles. The summed E-state index contributed by atoms with van der Waals surface area (Å²) in [4.78, 5) is 17.7. The van der Waals surface area contributed by atoms with Crippen molar-refractivity contribution in [2.24, 2.45) is 0 Å². The van der Waals surface area contributed by atoms with Crippen molar-refractivity contribution in [3.63, 3.8) is 0 Å². The minimum atomic E-state index is -1.46. The molecule has 0 unspecified atom stereocenters. The van der Waals surface area contributed by atoms with Crippen molar-refractivity contribution in [2.45, 2.75) is 57.5 Å². The van der Waals surface area contributed by atoms with Gasteiger partial charge in [-0.3, -0.25) is 0 Å². The maximum atomic E-state index is 4.88. The fourth-order valence-corrected chi connectivity index (χ4v) is 21.0. The molecule has 7 heteroatoms. The Hall–Kier alpha value is -1.35. The molecule has 1 aliphatic heterocycles. The molecule has 0 aliphatic carbocycles. The van der Waals surface area contributed by atoms with E-state index in [1.54, 1.807) is 6.20 Å². The Morgan fingerprint density at radius 3 is 2.39 bits per heavy atom. The second kappa shape index (κ2) is 6.28. The van der Waals surface area contributed by atoms with Gasteiger partial charge in [0.05, 0.1) is 20.5 Å². The molecule has 23 heavy (non-hydrogen) atoms. The molecule has 124 valence electrons. The summed E-state index contributed by atoms with van der Waals surface area (Å²) in [5.41, 5.74) is 3.02. The van der Waals surface area contributed by atoms with Gasteiger partial charge in [-0.15, -0.1) is 0 Å². The van der Waals surface area contributed by atoms with Gasteiger partial charge in [0.1, 0.15) is 17.7 Å². The summed E-state index contributed by atoms with van der Waals surface area (Å²) >= 11 is 0. The van der Waals surface area contributed by atoms with Crippen LogP contribution in [0, 0.1) is 0 Å². The lowest BCUT2D eigenvalue weighted by Crippen LogP contribution is -2.48. The van der Waals surface area contributed by atoms with E-state index in [9.17, 15) is 0 Å². The SMILES string of the molecule is CC[Si]1(CC)CN(c2cnc3ncncc3n2)[Si](CC)(CC)C1. The zero-order valence-electron chi connectivity index (χ0n) is 14.7. The molecule has 3 rings (SSSR count). The van der Waals surface area contributed by atoms with E-state index >= 15 is 0 Å². The van der Waals surface area contributed by atoms with Gasteiger partial charge in [0, 0.05) is 6.17 Å². The third kappa shape index (κ3) is 2.69. The average Bonchev–Trinajstić information content (AvgIpc) is 2.97. The average molecular weight is 346 g/mol. The highest BCUT2D eigenvalue weighted by Gasteiger charge is 2.53. The Bertz CT molecular complexity index is 685. The fraction of sp³-hybridized carbons (Fsp3) is 0.625. The second-order valence-electron chi connectivity index (χ2n) is 6.86. The number of nitrogens with zero attached hydrogens (tertiary/aromatic N) is 5. The minimum Gasteiger partial charge on any atom is -0.384 e. The van der Waals surface area contributed by atoms with E-state index in [0.29, 0.717) is 5.65 Å². The molecule has 0 bridgehead atoms. The number of hydrogen-bond acceptors (Lipinski definition) is 5. The minimum absolute atomic E-state index is 0.692. The number of fused-ring (bicyclic) bond motifs is 1. The lowest BCUT2D eigenvalue weighted by Gasteiger charge is -2.36. The molecular weight excluding hydrogens is 318 g/mol. The smallest absolute Gasteiger partial charge is 0.181 e. The molecule has 0 atom stereocenters. The summed E-state index contributed by atoms with van der Waals surface area (Å²) in [5, 5.41) is 0. The van der Waals surface area contributed by atoms with Gasteiger partial charge in [-0.1, -0.05) is 39.8 Å². The molecular formula is C16H27N5Si2. The van der Waals surface area contributed by atoms with Gasteiger partial charge in [-0.25, -0.2) is 19.9 Å². The standard InChI is InChI=1S/C16H27N5Si2/c1-5-22(6-2)12-21(23(7-3,8-4)13-22)15-10-18-16-14(20-15)9-17-11-19-16/h9-11H,5-8,12-13H2,1-4H3. The second-order valence-corrected chi connectivity index (χ2v) is 17.4. The molecule has 0 radical (unpaired) electrons. The lowest BCUT2D eigenvalue weighted by molar-refractivity contribution is 1.05.